The number of halogens is 1. The molecule has 17 heavy (non-hydrogen) atoms. The summed E-state index contributed by atoms with van der Waals surface area (Å²) in [6.45, 7) is 2.59. The quantitative estimate of drug-likeness (QED) is 0.784. The van der Waals surface area contributed by atoms with E-state index in [1.165, 1.54) is 0 Å². The Labute approximate surface area is 105 Å². The van der Waals surface area contributed by atoms with Gasteiger partial charge in [-0.1, -0.05) is 0 Å². The monoisotopic (exact) mass is 251 g/mol. The van der Waals surface area contributed by atoms with Crippen LogP contribution in [0.5, 0.6) is 0 Å². The molecule has 0 radical (unpaired) electrons. The number of furan rings is 1. The molecule has 0 aliphatic heterocycles. The molecule has 0 saturated heterocycles. The van der Waals surface area contributed by atoms with Crippen molar-refractivity contribution < 1.29 is 4.42 Å². The van der Waals surface area contributed by atoms with Gasteiger partial charge >= 0.3 is 0 Å². The van der Waals surface area contributed by atoms with Crippen molar-refractivity contribution in [3.63, 3.8) is 0 Å². The molecule has 0 fully saturated rings. The molecule has 0 N–H and O–H groups in total. The Morgan fingerprint density at radius 1 is 1.35 bits per heavy atom. The van der Waals surface area contributed by atoms with Crippen LogP contribution in [0.1, 0.15) is 17.2 Å². The van der Waals surface area contributed by atoms with Gasteiger partial charge in [0.15, 0.2) is 0 Å². The standard InChI is InChI=1S/C12H14ClN3O/c1-9-3-4-11(17-9)8-16(2)12-7-14-6-10(5-13)15-12/h3-4,6-7H,5,8H2,1-2H3. The first-order valence-electron chi connectivity index (χ1n) is 5.32. The fourth-order valence-electron chi connectivity index (χ4n) is 1.53. The van der Waals surface area contributed by atoms with Crippen LogP contribution < -0.4 is 4.90 Å². The predicted molar refractivity (Wildman–Crippen MR) is 67.1 cm³/mol. The molecule has 0 amide bonds. The van der Waals surface area contributed by atoms with Crippen molar-refractivity contribution in [1.82, 2.24) is 9.97 Å². The Kier molecular flexibility index (Phi) is 3.64. The number of hydrogen-bond acceptors (Lipinski definition) is 4. The molecule has 0 aliphatic carbocycles. The summed E-state index contributed by atoms with van der Waals surface area (Å²) in [5.41, 5.74) is 0.770. The van der Waals surface area contributed by atoms with E-state index in [-0.39, 0.29) is 0 Å². The fourth-order valence-corrected chi connectivity index (χ4v) is 1.66. The van der Waals surface area contributed by atoms with E-state index in [0.717, 1.165) is 23.0 Å². The molecule has 2 heterocycles. The Hall–Kier alpha value is -1.55. The largest absolute Gasteiger partial charge is 0.464 e. The minimum absolute atomic E-state index is 0.370. The highest BCUT2D eigenvalue weighted by Gasteiger charge is 2.07. The van der Waals surface area contributed by atoms with Crippen molar-refractivity contribution in [3.05, 3.63) is 41.7 Å². The van der Waals surface area contributed by atoms with E-state index in [4.69, 9.17) is 16.0 Å². The molecule has 0 saturated carbocycles. The van der Waals surface area contributed by atoms with Crippen LogP contribution in [-0.2, 0) is 12.4 Å². The highest BCUT2D eigenvalue weighted by Crippen LogP contribution is 2.14. The van der Waals surface area contributed by atoms with Crippen LogP contribution in [0, 0.1) is 6.92 Å². The Morgan fingerprint density at radius 2 is 2.18 bits per heavy atom. The van der Waals surface area contributed by atoms with Crippen molar-refractivity contribution in [3.8, 4) is 0 Å². The van der Waals surface area contributed by atoms with Gasteiger partial charge in [0.25, 0.3) is 0 Å². The maximum atomic E-state index is 5.73. The van der Waals surface area contributed by atoms with E-state index >= 15 is 0 Å². The van der Waals surface area contributed by atoms with Gasteiger partial charge in [0, 0.05) is 13.2 Å². The first-order valence-corrected chi connectivity index (χ1v) is 5.86. The van der Waals surface area contributed by atoms with Gasteiger partial charge in [-0.3, -0.25) is 4.98 Å². The number of aryl methyl sites for hydroxylation is 1. The summed E-state index contributed by atoms with van der Waals surface area (Å²) in [5.74, 6) is 2.98. The maximum Gasteiger partial charge on any atom is 0.147 e. The second-order valence-electron chi connectivity index (χ2n) is 3.87. The second-order valence-corrected chi connectivity index (χ2v) is 4.14. The lowest BCUT2D eigenvalue weighted by atomic mass is 10.4. The summed E-state index contributed by atoms with van der Waals surface area (Å²) in [6, 6.07) is 3.91. The molecule has 2 aromatic rings. The molecule has 0 atom stereocenters. The summed E-state index contributed by atoms with van der Waals surface area (Å²) in [5, 5.41) is 0. The van der Waals surface area contributed by atoms with Gasteiger partial charge in [0.05, 0.1) is 24.3 Å². The molecular weight excluding hydrogens is 238 g/mol. The topological polar surface area (TPSA) is 42.2 Å². The Bertz CT molecular complexity index is 498. The molecular formula is C12H14ClN3O. The number of rotatable bonds is 4. The summed E-state index contributed by atoms with van der Waals surface area (Å²) in [7, 11) is 1.94. The van der Waals surface area contributed by atoms with E-state index in [0.29, 0.717) is 12.4 Å². The molecule has 2 aromatic heterocycles. The van der Waals surface area contributed by atoms with Crippen molar-refractivity contribution in [2.75, 3.05) is 11.9 Å². The van der Waals surface area contributed by atoms with Crippen LogP contribution in [0.2, 0.25) is 0 Å². The number of nitrogens with zero attached hydrogens (tertiary/aromatic N) is 3. The van der Waals surface area contributed by atoms with Crippen LogP contribution >= 0.6 is 11.6 Å². The summed E-state index contributed by atoms with van der Waals surface area (Å²) < 4.78 is 5.52. The first-order chi connectivity index (χ1) is 8.19. The number of aromatic nitrogens is 2. The lowest BCUT2D eigenvalue weighted by Gasteiger charge is -2.16. The third kappa shape index (κ3) is 2.97. The Balaban J connectivity index is 2.11. The zero-order valence-corrected chi connectivity index (χ0v) is 10.6. The predicted octanol–water partition coefficient (Wildman–Crippen LogP) is 2.75. The van der Waals surface area contributed by atoms with E-state index in [9.17, 15) is 0 Å². The zero-order valence-electron chi connectivity index (χ0n) is 9.85. The molecule has 5 heteroatoms. The minimum atomic E-state index is 0.370. The zero-order chi connectivity index (χ0) is 12.3. The smallest absolute Gasteiger partial charge is 0.147 e. The third-order valence-corrected chi connectivity index (χ3v) is 2.66. The van der Waals surface area contributed by atoms with E-state index < -0.39 is 0 Å². The SMILES string of the molecule is Cc1ccc(CN(C)c2cncc(CCl)n2)o1. The normalized spacial score (nSPS) is 10.5. The maximum absolute atomic E-state index is 5.73. The number of alkyl halides is 1. The van der Waals surface area contributed by atoms with Gasteiger partial charge in [0.1, 0.15) is 17.3 Å². The molecule has 2 rings (SSSR count). The van der Waals surface area contributed by atoms with Crippen LogP contribution in [-0.4, -0.2) is 17.0 Å². The van der Waals surface area contributed by atoms with Crippen LogP contribution in [0.3, 0.4) is 0 Å². The molecule has 4 nitrogen and oxygen atoms in total. The fraction of sp³-hybridized carbons (Fsp3) is 0.333. The molecule has 0 aliphatic rings. The number of anilines is 1. The average Bonchev–Trinajstić information content (AvgIpc) is 2.75. The van der Waals surface area contributed by atoms with Gasteiger partial charge in [-0.05, 0) is 19.1 Å². The van der Waals surface area contributed by atoms with Gasteiger partial charge in [-0.15, -0.1) is 11.6 Å². The summed E-state index contributed by atoms with van der Waals surface area (Å²) in [6.07, 6.45) is 3.38. The Morgan fingerprint density at radius 3 is 2.82 bits per heavy atom. The van der Waals surface area contributed by atoms with E-state index in [2.05, 4.69) is 9.97 Å². The summed E-state index contributed by atoms with van der Waals surface area (Å²) in [4.78, 5) is 10.5. The van der Waals surface area contributed by atoms with Gasteiger partial charge < -0.3 is 9.32 Å². The van der Waals surface area contributed by atoms with E-state index in [1.54, 1.807) is 12.4 Å². The molecule has 0 unspecified atom stereocenters. The van der Waals surface area contributed by atoms with Crippen molar-refractivity contribution in [1.29, 1.82) is 0 Å². The highest BCUT2D eigenvalue weighted by molar-refractivity contribution is 6.16. The highest BCUT2D eigenvalue weighted by atomic mass is 35.5. The molecule has 0 aromatic carbocycles. The molecule has 0 bridgehead atoms. The van der Waals surface area contributed by atoms with Gasteiger partial charge in [-0.2, -0.15) is 0 Å². The number of hydrogen-bond donors (Lipinski definition) is 0. The van der Waals surface area contributed by atoms with Gasteiger partial charge in [0.2, 0.25) is 0 Å². The lowest BCUT2D eigenvalue weighted by Crippen LogP contribution is -2.18. The van der Waals surface area contributed by atoms with Crippen LogP contribution in [0.25, 0.3) is 0 Å². The molecule has 0 spiro atoms. The van der Waals surface area contributed by atoms with E-state index in [1.807, 2.05) is 31.0 Å². The van der Waals surface area contributed by atoms with Gasteiger partial charge in [-0.25, -0.2) is 4.98 Å². The molecule has 90 valence electrons. The van der Waals surface area contributed by atoms with Crippen molar-refractivity contribution >= 4 is 17.4 Å². The van der Waals surface area contributed by atoms with Crippen molar-refractivity contribution in [2.45, 2.75) is 19.3 Å². The average molecular weight is 252 g/mol. The van der Waals surface area contributed by atoms with Crippen LogP contribution in [0.15, 0.2) is 28.9 Å². The van der Waals surface area contributed by atoms with Crippen molar-refractivity contribution in [2.24, 2.45) is 0 Å². The second kappa shape index (κ2) is 5.19. The van der Waals surface area contributed by atoms with Crippen LogP contribution in [0.4, 0.5) is 5.82 Å². The lowest BCUT2D eigenvalue weighted by molar-refractivity contribution is 0.481. The summed E-state index contributed by atoms with van der Waals surface area (Å²) >= 11 is 5.73. The first kappa shape index (κ1) is 11.9. The minimum Gasteiger partial charge on any atom is -0.464 e. The third-order valence-electron chi connectivity index (χ3n) is 2.39.